The van der Waals surface area contributed by atoms with Gasteiger partial charge in [0.25, 0.3) is 0 Å². The lowest BCUT2D eigenvalue weighted by molar-refractivity contribution is 0.992. The Morgan fingerprint density at radius 1 is 1.73 bits per heavy atom. The van der Waals surface area contributed by atoms with Gasteiger partial charge in [0.05, 0.1) is 5.69 Å². The molecule has 1 heterocycles. The van der Waals surface area contributed by atoms with Crippen LogP contribution in [0, 0.1) is 0 Å². The fourth-order valence-electron chi connectivity index (χ4n) is 0.771. The summed E-state index contributed by atoms with van der Waals surface area (Å²) in [6.07, 6.45) is 3.73. The molecule has 4 heteroatoms. The summed E-state index contributed by atoms with van der Waals surface area (Å²) in [5.74, 6) is 0. The third-order valence-corrected chi connectivity index (χ3v) is 1.69. The largest absolute Gasteiger partial charge is 0.330 e. The molecule has 3 N–H and O–H groups in total. The van der Waals surface area contributed by atoms with Crippen LogP contribution in [0.3, 0.4) is 0 Å². The summed E-state index contributed by atoms with van der Waals surface area (Å²) in [5.41, 5.74) is 7.37. The minimum atomic E-state index is 0.490. The maximum atomic E-state index is 5.42. The van der Waals surface area contributed by atoms with Crippen molar-refractivity contribution in [2.45, 2.75) is 6.54 Å². The summed E-state index contributed by atoms with van der Waals surface area (Å²) in [6, 6.07) is 3.85. The number of pyridine rings is 1. The van der Waals surface area contributed by atoms with E-state index < -0.39 is 0 Å². The van der Waals surface area contributed by atoms with Crippen molar-refractivity contribution in [2.24, 2.45) is 5.73 Å². The fraction of sp³-hybridized carbons (Fsp3) is 0.286. The van der Waals surface area contributed by atoms with E-state index in [1.54, 1.807) is 18.1 Å². The van der Waals surface area contributed by atoms with Crippen LogP contribution in [0.2, 0.25) is 0 Å². The summed E-state index contributed by atoms with van der Waals surface area (Å²) in [5, 5.41) is 0. The summed E-state index contributed by atoms with van der Waals surface area (Å²) < 4.78 is 3.10. The van der Waals surface area contributed by atoms with Gasteiger partial charge in [-0.05, 0) is 12.1 Å². The monoisotopic (exact) mass is 169 g/mol. The van der Waals surface area contributed by atoms with E-state index in [4.69, 9.17) is 5.73 Å². The lowest BCUT2D eigenvalue weighted by Gasteiger charge is -2.02. The quantitative estimate of drug-likeness (QED) is 0.668. The Balaban J connectivity index is 2.74. The molecule has 0 aliphatic rings. The van der Waals surface area contributed by atoms with Crippen LogP contribution in [0.15, 0.2) is 18.3 Å². The van der Waals surface area contributed by atoms with Gasteiger partial charge in [-0.2, -0.15) is 0 Å². The molecule has 0 bridgehead atoms. The molecule has 1 rings (SSSR count). The molecule has 0 aliphatic heterocycles. The minimum absolute atomic E-state index is 0.490. The van der Waals surface area contributed by atoms with Gasteiger partial charge in [0.1, 0.15) is 0 Å². The third kappa shape index (κ3) is 2.40. The molecule has 11 heavy (non-hydrogen) atoms. The predicted molar refractivity (Wildman–Crippen MR) is 49.3 cm³/mol. The highest BCUT2D eigenvalue weighted by Crippen LogP contribution is 2.10. The fourth-order valence-corrected chi connectivity index (χ4v) is 1.13. The Bertz CT molecular complexity index is 227. The number of aromatic nitrogens is 1. The first-order valence-electron chi connectivity index (χ1n) is 3.31. The molecular formula is C7H11N3S. The highest BCUT2D eigenvalue weighted by molar-refractivity contribution is 7.99. The molecule has 0 atom stereocenters. The summed E-state index contributed by atoms with van der Waals surface area (Å²) >= 11 is 1.56. The van der Waals surface area contributed by atoms with Gasteiger partial charge in [-0.3, -0.25) is 4.98 Å². The van der Waals surface area contributed by atoms with E-state index in [-0.39, 0.29) is 0 Å². The Morgan fingerprint density at radius 3 is 3.18 bits per heavy atom. The standard InChI is InChI=1S/C7H11N3S/c1-11-10-6-2-3-9-7(4-6)5-8/h2-4H,5,8H2,1H3,(H,9,10). The van der Waals surface area contributed by atoms with Crippen LogP contribution >= 0.6 is 11.9 Å². The van der Waals surface area contributed by atoms with Gasteiger partial charge in [-0.25, -0.2) is 0 Å². The number of nitrogens with zero attached hydrogens (tertiary/aromatic N) is 1. The normalized spacial score (nSPS) is 9.64. The van der Waals surface area contributed by atoms with E-state index >= 15 is 0 Å². The zero-order valence-electron chi connectivity index (χ0n) is 6.37. The van der Waals surface area contributed by atoms with Crippen LogP contribution in [0.25, 0.3) is 0 Å². The van der Waals surface area contributed by atoms with Crippen LogP contribution in [0.5, 0.6) is 0 Å². The lowest BCUT2D eigenvalue weighted by Crippen LogP contribution is -1.99. The SMILES string of the molecule is CSNc1ccnc(CN)c1. The Kier molecular flexibility index (Phi) is 3.19. The number of anilines is 1. The van der Waals surface area contributed by atoms with Crippen LogP contribution < -0.4 is 10.5 Å². The van der Waals surface area contributed by atoms with Crippen molar-refractivity contribution in [1.82, 2.24) is 4.98 Å². The van der Waals surface area contributed by atoms with E-state index in [1.165, 1.54) is 0 Å². The Morgan fingerprint density at radius 2 is 2.55 bits per heavy atom. The summed E-state index contributed by atoms with van der Waals surface area (Å²) in [7, 11) is 0. The van der Waals surface area contributed by atoms with Gasteiger partial charge in [0.2, 0.25) is 0 Å². The van der Waals surface area contributed by atoms with Crippen molar-refractivity contribution in [2.75, 3.05) is 11.0 Å². The van der Waals surface area contributed by atoms with Crippen molar-refractivity contribution < 1.29 is 0 Å². The van der Waals surface area contributed by atoms with Gasteiger partial charge in [-0.1, -0.05) is 11.9 Å². The van der Waals surface area contributed by atoms with Crippen molar-refractivity contribution in [3.05, 3.63) is 24.0 Å². The second-order valence-corrected chi connectivity index (χ2v) is 2.66. The number of hydrogen-bond donors (Lipinski definition) is 2. The van der Waals surface area contributed by atoms with E-state index in [1.807, 2.05) is 18.4 Å². The molecule has 1 aromatic rings. The molecule has 1 aromatic heterocycles. The number of nitrogens with two attached hydrogens (primary N) is 1. The molecule has 0 saturated carbocycles. The molecule has 3 nitrogen and oxygen atoms in total. The molecule has 0 unspecified atom stereocenters. The summed E-state index contributed by atoms with van der Waals surface area (Å²) in [4.78, 5) is 4.07. The van der Waals surface area contributed by atoms with Crippen LogP contribution in [0.4, 0.5) is 5.69 Å². The molecule has 0 amide bonds. The van der Waals surface area contributed by atoms with Gasteiger partial charge in [0, 0.05) is 24.7 Å². The second-order valence-electron chi connectivity index (χ2n) is 2.05. The maximum Gasteiger partial charge on any atom is 0.0560 e. The molecule has 0 aromatic carbocycles. The van der Waals surface area contributed by atoms with Crippen molar-refractivity contribution in [3.63, 3.8) is 0 Å². The zero-order valence-corrected chi connectivity index (χ0v) is 7.19. The number of rotatable bonds is 3. The number of nitrogens with one attached hydrogen (secondary N) is 1. The van der Waals surface area contributed by atoms with Gasteiger partial charge in [0.15, 0.2) is 0 Å². The minimum Gasteiger partial charge on any atom is -0.330 e. The Labute approximate surface area is 70.5 Å². The molecule has 0 aliphatic carbocycles. The number of hydrogen-bond acceptors (Lipinski definition) is 4. The average Bonchev–Trinajstić information content (AvgIpc) is 2.06. The van der Waals surface area contributed by atoms with E-state index in [0.717, 1.165) is 11.4 Å². The topological polar surface area (TPSA) is 50.9 Å². The molecular weight excluding hydrogens is 158 g/mol. The highest BCUT2D eigenvalue weighted by Gasteiger charge is 1.92. The maximum absolute atomic E-state index is 5.42. The predicted octanol–water partition coefficient (Wildman–Crippen LogP) is 1.23. The van der Waals surface area contributed by atoms with E-state index in [2.05, 4.69) is 9.71 Å². The van der Waals surface area contributed by atoms with Crippen LogP contribution in [0.1, 0.15) is 5.69 Å². The molecule has 0 radical (unpaired) electrons. The summed E-state index contributed by atoms with van der Waals surface area (Å²) in [6.45, 7) is 0.490. The zero-order chi connectivity index (χ0) is 8.10. The van der Waals surface area contributed by atoms with Crippen LogP contribution in [-0.4, -0.2) is 11.2 Å². The van der Waals surface area contributed by atoms with Crippen molar-refractivity contribution in [1.29, 1.82) is 0 Å². The van der Waals surface area contributed by atoms with Gasteiger partial charge < -0.3 is 10.5 Å². The average molecular weight is 169 g/mol. The van der Waals surface area contributed by atoms with Crippen LogP contribution in [-0.2, 0) is 6.54 Å². The molecule has 0 spiro atoms. The van der Waals surface area contributed by atoms with E-state index in [0.29, 0.717) is 6.54 Å². The smallest absolute Gasteiger partial charge is 0.0560 e. The van der Waals surface area contributed by atoms with Gasteiger partial charge >= 0.3 is 0 Å². The first kappa shape index (κ1) is 8.36. The van der Waals surface area contributed by atoms with Gasteiger partial charge in [-0.15, -0.1) is 0 Å². The van der Waals surface area contributed by atoms with Crippen molar-refractivity contribution in [3.8, 4) is 0 Å². The second kappa shape index (κ2) is 4.20. The lowest BCUT2D eigenvalue weighted by atomic mass is 10.3. The molecule has 60 valence electrons. The molecule has 0 fully saturated rings. The first-order valence-corrected chi connectivity index (χ1v) is 4.53. The van der Waals surface area contributed by atoms with E-state index in [9.17, 15) is 0 Å². The first-order chi connectivity index (χ1) is 5.36. The Hall–Kier alpha value is -0.740. The third-order valence-electron chi connectivity index (χ3n) is 1.25. The van der Waals surface area contributed by atoms with Crippen molar-refractivity contribution >= 4 is 17.6 Å². The highest BCUT2D eigenvalue weighted by atomic mass is 32.2. The molecule has 0 saturated heterocycles.